The van der Waals surface area contributed by atoms with Crippen LogP contribution >= 0.6 is 0 Å². The fourth-order valence-corrected chi connectivity index (χ4v) is 5.68. The maximum atomic E-state index is 6.17. The zero-order valence-electron chi connectivity index (χ0n) is 15.6. The number of ether oxygens (including phenoxy) is 5. The summed E-state index contributed by atoms with van der Waals surface area (Å²) in [6, 6.07) is 1.19. The molecule has 0 amide bonds. The van der Waals surface area contributed by atoms with Crippen molar-refractivity contribution in [3.05, 3.63) is 0 Å². The highest BCUT2D eigenvalue weighted by Crippen LogP contribution is 2.69. The molecule has 2 spiro atoms. The lowest BCUT2D eigenvalue weighted by Crippen LogP contribution is -2.53. The Kier molecular flexibility index (Phi) is 4.18. The van der Waals surface area contributed by atoms with E-state index in [1.54, 1.807) is 0 Å². The number of epoxide rings is 1. The van der Waals surface area contributed by atoms with Crippen LogP contribution in [0.25, 0.3) is 0 Å². The second kappa shape index (κ2) is 5.76. The van der Waals surface area contributed by atoms with Gasteiger partial charge >= 0.3 is 0 Å². The minimum Gasteiger partial charge on any atom is -0.365 e. The standard InChI is InChI=1S/C18H32O5Si/c1-16-5-6-17(21-7-8-22-17)12-18(16)15(23-18)11-14(16)20-13-19-9-10-24(2,3)4/h14-15H,5-13H2,1-4H3/t14-,15-,16+,18-/m0/s1. The largest absolute Gasteiger partial charge is 0.365 e. The van der Waals surface area contributed by atoms with E-state index < -0.39 is 13.9 Å². The van der Waals surface area contributed by atoms with Gasteiger partial charge in [-0.2, -0.15) is 0 Å². The number of hydrogen-bond acceptors (Lipinski definition) is 5. The summed E-state index contributed by atoms with van der Waals surface area (Å²) in [4.78, 5) is 0. The zero-order valence-corrected chi connectivity index (χ0v) is 16.6. The second-order valence-electron chi connectivity index (χ2n) is 9.43. The lowest BCUT2D eigenvalue weighted by molar-refractivity contribution is -0.228. The van der Waals surface area contributed by atoms with Crippen LogP contribution in [0.4, 0.5) is 0 Å². The van der Waals surface area contributed by atoms with Crippen molar-refractivity contribution in [3.63, 3.8) is 0 Å². The zero-order chi connectivity index (χ0) is 17.1. The van der Waals surface area contributed by atoms with E-state index in [0.717, 1.165) is 32.3 Å². The molecular weight excluding hydrogens is 324 g/mol. The molecule has 6 heteroatoms. The monoisotopic (exact) mass is 356 g/mol. The molecule has 0 unspecified atom stereocenters. The lowest BCUT2D eigenvalue weighted by atomic mass is 9.65. The highest BCUT2D eigenvalue weighted by Gasteiger charge is 2.78. The van der Waals surface area contributed by atoms with Crippen LogP contribution in [0, 0.1) is 5.41 Å². The van der Waals surface area contributed by atoms with Crippen LogP contribution < -0.4 is 0 Å². The molecule has 2 saturated carbocycles. The van der Waals surface area contributed by atoms with E-state index in [9.17, 15) is 0 Å². The molecule has 2 saturated heterocycles. The van der Waals surface area contributed by atoms with E-state index in [-0.39, 0.29) is 17.1 Å². The number of hydrogen-bond donors (Lipinski definition) is 0. The van der Waals surface area contributed by atoms with E-state index in [1.807, 2.05) is 0 Å². The first-order valence-electron chi connectivity index (χ1n) is 9.44. The van der Waals surface area contributed by atoms with Crippen molar-refractivity contribution in [3.8, 4) is 0 Å². The molecule has 0 aromatic heterocycles. The molecule has 138 valence electrons. The van der Waals surface area contributed by atoms with Gasteiger partial charge in [-0.3, -0.25) is 0 Å². The summed E-state index contributed by atoms with van der Waals surface area (Å²) in [5.74, 6) is -0.392. The molecule has 4 aliphatic rings. The van der Waals surface area contributed by atoms with Crippen molar-refractivity contribution in [2.24, 2.45) is 5.41 Å². The van der Waals surface area contributed by atoms with Gasteiger partial charge in [-0.25, -0.2) is 0 Å². The van der Waals surface area contributed by atoms with Gasteiger partial charge in [-0.1, -0.05) is 26.6 Å². The van der Waals surface area contributed by atoms with Crippen LogP contribution in [-0.4, -0.2) is 58.3 Å². The SMILES string of the molecule is C[C@]12CCC3(C[C@@]14O[C@H]4C[C@@H]2OCOCC[Si](C)(C)C)OCCO3. The Morgan fingerprint density at radius 1 is 1.12 bits per heavy atom. The fourth-order valence-electron chi connectivity index (χ4n) is 4.92. The molecule has 2 aliphatic heterocycles. The lowest BCUT2D eigenvalue weighted by Gasteiger charge is -2.47. The Labute approximate surface area is 146 Å². The van der Waals surface area contributed by atoms with Gasteiger partial charge in [0.15, 0.2) is 5.79 Å². The van der Waals surface area contributed by atoms with Crippen molar-refractivity contribution >= 4 is 8.07 Å². The van der Waals surface area contributed by atoms with E-state index in [0.29, 0.717) is 26.1 Å². The first kappa shape index (κ1) is 17.4. The molecule has 2 heterocycles. The van der Waals surface area contributed by atoms with Crippen LogP contribution in [0.3, 0.4) is 0 Å². The summed E-state index contributed by atoms with van der Waals surface area (Å²) >= 11 is 0. The van der Waals surface area contributed by atoms with Gasteiger partial charge in [-0.05, 0) is 12.5 Å². The maximum absolute atomic E-state index is 6.17. The summed E-state index contributed by atoms with van der Waals surface area (Å²) < 4.78 is 30.0. The normalized spacial score (nSPS) is 43.0. The third kappa shape index (κ3) is 2.79. The Balaban J connectivity index is 1.32. The molecular formula is C18H32O5Si. The predicted octanol–water partition coefficient (Wildman–Crippen LogP) is 3.16. The van der Waals surface area contributed by atoms with Crippen LogP contribution in [0.1, 0.15) is 32.6 Å². The summed E-state index contributed by atoms with van der Waals surface area (Å²) in [5, 5.41) is 0. The van der Waals surface area contributed by atoms with E-state index in [4.69, 9.17) is 23.7 Å². The van der Waals surface area contributed by atoms with E-state index in [1.165, 1.54) is 6.04 Å². The van der Waals surface area contributed by atoms with E-state index >= 15 is 0 Å². The first-order chi connectivity index (χ1) is 11.3. The highest BCUT2D eigenvalue weighted by molar-refractivity contribution is 6.76. The first-order valence-corrected chi connectivity index (χ1v) is 13.1. The summed E-state index contributed by atoms with van der Waals surface area (Å²) in [7, 11) is -1.03. The third-order valence-electron chi connectivity index (χ3n) is 6.64. The van der Waals surface area contributed by atoms with Crippen molar-refractivity contribution in [1.29, 1.82) is 0 Å². The van der Waals surface area contributed by atoms with Crippen LogP contribution in [0.2, 0.25) is 25.7 Å². The van der Waals surface area contributed by atoms with Gasteiger partial charge in [0.1, 0.15) is 12.4 Å². The van der Waals surface area contributed by atoms with Crippen molar-refractivity contribution < 1.29 is 23.7 Å². The van der Waals surface area contributed by atoms with Gasteiger partial charge in [0.25, 0.3) is 0 Å². The van der Waals surface area contributed by atoms with Crippen molar-refractivity contribution in [2.45, 2.75) is 81.9 Å². The quantitative estimate of drug-likeness (QED) is 0.317. The Bertz CT molecular complexity index is 486. The molecule has 4 rings (SSSR count). The summed E-state index contributed by atoms with van der Waals surface area (Å²) in [5.41, 5.74) is -0.0427. The summed E-state index contributed by atoms with van der Waals surface area (Å²) in [6.45, 7) is 12.1. The van der Waals surface area contributed by atoms with E-state index in [2.05, 4.69) is 26.6 Å². The smallest absolute Gasteiger partial charge is 0.171 e. The van der Waals surface area contributed by atoms with Gasteiger partial charge in [0.2, 0.25) is 0 Å². The molecule has 0 bridgehead atoms. The van der Waals surface area contributed by atoms with Crippen LogP contribution in [-0.2, 0) is 23.7 Å². The van der Waals surface area contributed by atoms with Gasteiger partial charge < -0.3 is 23.7 Å². The van der Waals surface area contributed by atoms with Gasteiger partial charge in [0.05, 0.1) is 25.4 Å². The van der Waals surface area contributed by atoms with Crippen LogP contribution in [0.15, 0.2) is 0 Å². The molecule has 4 atom stereocenters. The molecule has 0 aromatic rings. The molecule has 5 nitrogen and oxygen atoms in total. The highest BCUT2D eigenvalue weighted by atomic mass is 28.3. The second-order valence-corrected chi connectivity index (χ2v) is 15.0. The summed E-state index contributed by atoms with van der Waals surface area (Å²) in [6.07, 6.45) is 4.34. The minimum absolute atomic E-state index is 0.0559. The predicted molar refractivity (Wildman–Crippen MR) is 92.7 cm³/mol. The Morgan fingerprint density at radius 3 is 2.58 bits per heavy atom. The molecule has 4 fully saturated rings. The molecule has 24 heavy (non-hydrogen) atoms. The van der Waals surface area contributed by atoms with Gasteiger partial charge in [-0.15, -0.1) is 0 Å². The Morgan fingerprint density at radius 2 is 1.88 bits per heavy atom. The van der Waals surface area contributed by atoms with Crippen molar-refractivity contribution in [1.82, 2.24) is 0 Å². The molecule has 0 aromatic carbocycles. The minimum atomic E-state index is -1.03. The molecule has 0 N–H and O–H groups in total. The van der Waals surface area contributed by atoms with Crippen LogP contribution in [0.5, 0.6) is 0 Å². The van der Waals surface area contributed by atoms with Gasteiger partial charge in [0, 0.05) is 39.4 Å². The Hall–Kier alpha value is 0.0169. The third-order valence-corrected chi connectivity index (χ3v) is 8.34. The van der Waals surface area contributed by atoms with Crippen molar-refractivity contribution in [2.75, 3.05) is 26.6 Å². The average molecular weight is 357 g/mol. The fraction of sp³-hybridized carbons (Fsp3) is 1.00. The molecule has 2 aliphatic carbocycles. The maximum Gasteiger partial charge on any atom is 0.171 e. The molecule has 0 radical (unpaired) electrons. The average Bonchev–Trinajstić information content (AvgIpc) is 2.87. The number of rotatable bonds is 6. The topological polar surface area (TPSA) is 49.5 Å².